The van der Waals surface area contributed by atoms with E-state index < -0.39 is 0 Å². The first-order chi connectivity index (χ1) is 8.81. The summed E-state index contributed by atoms with van der Waals surface area (Å²) >= 11 is 0. The number of piperidine rings is 1. The van der Waals surface area contributed by atoms with E-state index in [1.807, 2.05) is 30.3 Å². The molecule has 0 radical (unpaired) electrons. The van der Waals surface area contributed by atoms with Gasteiger partial charge in [0.25, 0.3) is 0 Å². The summed E-state index contributed by atoms with van der Waals surface area (Å²) in [5, 5.41) is 4.37. The highest BCUT2D eigenvalue weighted by Gasteiger charge is 2.41. The lowest BCUT2D eigenvalue weighted by Gasteiger charge is -2.50. The van der Waals surface area contributed by atoms with Gasteiger partial charge in [0.05, 0.1) is 5.71 Å². The molecule has 1 aliphatic rings. The van der Waals surface area contributed by atoms with Crippen LogP contribution in [-0.4, -0.2) is 28.7 Å². The fraction of sp³-hybridized carbons (Fsp3) is 0.562. The van der Waals surface area contributed by atoms with Crippen molar-refractivity contribution in [3.8, 4) is 5.75 Å². The third-order valence-corrected chi connectivity index (χ3v) is 4.11. The summed E-state index contributed by atoms with van der Waals surface area (Å²) in [4.78, 5) is 7.97. The molecule has 1 aromatic rings. The van der Waals surface area contributed by atoms with E-state index in [2.05, 4.69) is 44.8 Å². The minimum atomic E-state index is 0.112. The molecule has 2 rings (SSSR count). The fourth-order valence-electron chi connectivity index (χ4n) is 2.78. The molecule has 0 N–H and O–H groups in total. The molecular formula is C16H24N2O. The van der Waals surface area contributed by atoms with Gasteiger partial charge in [-0.05, 0) is 46.9 Å². The van der Waals surface area contributed by atoms with Crippen LogP contribution in [0.3, 0.4) is 0 Å². The molecule has 3 nitrogen and oxygen atoms in total. The normalized spacial score (nSPS) is 22.1. The summed E-state index contributed by atoms with van der Waals surface area (Å²) in [6.45, 7) is 9.02. The van der Waals surface area contributed by atoms with Crippen LogP contribution in [0.15, 0.2) is 35.5 Å². The van der Waals surface area contributed by atoms with Gasteiger partial charge in [-0.1, -0.05) is 23.4 Å². The summed E-state index contributed by atoms with van der Waals surface area (Å²) in [5.74, 6) is 0.796. The standard InChI is InChI=1S/C16H24N2O/c1-15(2)11-13(12-16(3,4)18(15)5)17-19-14-9-7-6-8-10-14/h6-10H,11-12H2,1-5H3. The summed E-state index contributed by atoms with van der Waals surface area (Å²) < 4.78 is 0. The number of hydrogen-bond acceptors (Lipinski definition) is 3. The molecule has 19 heavy (non-hydrogen) atoms. The van der Waals surface area contributed by atoms with Crippen LogP contribution in [-0.2, 0) is 0 Å². The zero-order chi connectivity index (χ0) is 14.1. The smallest absolute Gasteiger partial charge is 0.157 e. The largest absolute Gasteiger partial charge is 0.357 e. The number of likely N-dealkylation sites (tertiary alicyclic amines) is 1. The Morgan fingerprint density at radius 1 is 1.00 bits per heavy atom. The first kappa shape index (κ1) is 14.1. The zero-order valence-corrected chi connectivity index (χ0v) is 12.6. The van der Waals surface area contributed by atoms with E-state index in [1.165, 1.54) is 0 Å². The quantitative estimate of drug-likeness (QED) is 0.757. The van der Waals surface area contributed by atoms with Crippen molar-refractivity contribution in [1.82, 2.24) is 4.90 Å². The molecule has 0 saturated carbocycles. The van der Waals surface area contributed by atoms with E-state index in [-0.39, 0.29) is 11.1 Å². The average molecular weight is 260 g/mol. The van der Waals surface area contributed by atoms with Gasteiger partial charge in [0.2, 0.25) is 0 Å². The number of nitrogens with zero attached hydrogens (tertiary/aromatic N) is 2. The predicted octanol–water partition coefficient (Wildman–Crippen LogP) is 3.70. The Balaban J connectivity index is 2.13. The van der Waals surface area contributed by atoms with Gasteiger partial charge >= 0.3 is 0 Å². The Labute approximate surface area is 116 Å². The molecule has 0 aromatic heterocycles. The van der Waals surface area contributed by atoms with Gasteiger partial charge in [-0.3, -0.25) is 4.90 Å². The summed E-state index contributed by atoms with van der Waals surface area (Å²) in [5.41, 5.74) is 1.36. The first-order valence-electron chi connectivity index (χ1n) is 6.83. The Hall–Kier alpha value is -1.35. The molecule has 1 aromatic carbocycles. The van der Waals surface area contributed by atoms with E-state index in [4.69, 9.17) is 4.84 Å². The highest BCUT2D eigenvalue weighted by Crippen LogP contribution is 2.35. The third kappa shape index (κ3) is 3.16. The molecule has 3 heteroatoms. The van der Waals surface area contributed by atoms with Crippen LogP contribution in [0.4, 0.5) is 0 Å². The second kappa shape index (κ2) is 4.97. The van der Waals surface area contributed by atoms with Crippen molar-refractivity contribution in [2.45, 2.75) is 51.6 Å². The lowest BCUT2D eigenvalue weighted by atomic mass is 9.79. The molecular weight excluding hydrogens is 236 g/mol. The molecule has 1 heterocycles. The molecule has 1 saturated heterocycles. The first-order valence-corrected chi connectivity index (χ1v) is 6.83. The topological polar surface area (TPSA) is 24.8 Å². The van der Waals surface area contributed by atoms with E-state index in [0.29, 0.717) is 0 Å². The van der Waals surface area contributed by atoms with Crippen molar-refractivity contribution in [2.24, 2.45) is 5.16 Å². The number of rotatable bonds is 2. The minimum absolute atomic E-state index is 0.112. The molecule has 0 bridgehead atoms. The molecule has 104 valence electrons. The second-order valence-corrected chi connectivity index (χ2v) is 6.60. The lowest BCUT2D eigenvalue weighted by Crippen LogP contribution is -2.58. The van der Waals surface area contributed by atoms with Gasteiger partial charge in [0.1, 0.15) is 0 Å². The highest BCUT2D eigenvalue weighted by molar-refractivity contribution is 5.87. The van der Waals surface area contributed by atoms with Crippen LogP contribution >= 0.6 is 0 Å². The van der Waals surface area contributed by atoms with Crippen molar-refractivity contribution >= 4 is 5.71 Å². The molecule has 1 fully saturated rings. The van der Waals surface area contributed by atoms with Crippen molar-refractivity contribution in [1.29, 1.82) is 0 Å². The van der Waals surface area contributed by atoms with Crippen LogP contribution in [0.1, 0.15) is 40.5 Å². The Morgan fingerprint density at radius 3 is 2.05 bits per heavy atom. The van der Waals surface area contributed by atoms with Crippen molar-refractivity contribution in [2.75, 3.05) is 7.05 Å². The lowest BCUT2D eigenvalue weighted by molar-refractivity contribution is 0.0367. The van der Waals surface area contributed by atoms with E-state index in [1.54, 1.807) is 0 Å². The van der Waals surface area contributed by atoms with Gasteiger partial charge in [0.15, 0.2) is 5.75 Å². The number of hydrogen-bond donors (Lipinski definition) is 0. The summed E-state index contributed by atoms with van der Waals surface area (Å²) in [7, 11) is 2.19. The van der Waals surface area contributed by atoms with Gasteiger partial charge < -0.3 is 4.84 Å². The Kier molecular flexibility index (Phi) is 3.68. The predicted molar refractivity (Wildman–Crippen MR) is 79.7 cm³/mol. The van der Waals surface area contributed by atoms with E-state index in [0.717, 1.165) is 24.3 Å². The van der Waals surface area contributed by atoms with Gasteiger partial charge in [-0.2, -0.15) is 0 Å². The Bertz CT molecular complexity index is 443. The fourth-order valence-corrected chi connectivity index (χ4v) is 2.78. The van der Waals surface area contributed by atoms with Crippen LogP contribution in [0, 0.1) is 0 Å². The SMILES string of the molecule is CN1C(C)(C)CC(=NOc2ccccc2)CC1(C)C. The van der Waals surface area contributed by atoms with Crippen LogP contribution in [0.25, 0.3) is 0 Å². The van der Waals surface area contributed by atoms with Crippen LogP contribution < -0.4 is 4.84 Å². The van der Waals surface area contributed by atoms with E-state index >= 15 is 0 Å². The van der Waals surface area contributed by atoms with E-state index in [9.17, 15) is 0 Å². The third-order valence-electron chi connectivity index (χ3n) is 4.11. The van der Waals surface area contributed by atoms with Crippen molar-refractivity contribution in [3.63, 3.8) is 0 Å². The molecule has 0 spiro atoms. The van der Waals surface area contributed by atoms with Gasteiger partial charge in [-0.25, -0.2) is 0 Å². The average Bonchev–Trinajstić information content (AvgIpc) is 2.34. The maximum Gasteiger partial charge on any atom is 0.157 e. The van der Waals surface area contributed by atoms with Gasteiger partial charge in [-0.15, -0.1) is 0 Å². The minimum Gasteiger partial charge on any atom is -0.357 e. The summed E-state index contributed by atoms with van der Waals surface area (Å²) in [6.07, 6.45) is 1.89. The maximum absolute atomic E-state index is 5.54. The van der Waals surface area contributed by atoms with Crippen LogP contribution in [0.2, 0.25) is 0 Å². The zero-order valence-electron chi connectivity index (χ0n) is 12.6. The summed E-state index contributed by atoms with van der Waals surface area (Å²) in [6, 6.07) is 9.74. The molecule has 0 atom stereocenters. The molecule has 0 aliphatic carbocycles. The molecule has 0 unspecified atom stereocenters. The van der Waals surface area contributed by atoms with Crippen molar-refractivity contribution < 1.29 is 4.84 Å². The molecule has 1 aliphatic heterocycles. The monoisotopic (exact) mass is 260 g/mol. The van der Waals surface area contributed by atoms with Gasteiger partial charge in [0, 0.05) is 23.9 Å². The number of benzene rings is 1. The Morgan fingerprint density at radius 2 is 1.53 bits per heavy atom. The number of oxime groups is 1. The van der Waals surface area contributed by atoms with Crippen molar-refractivity contribution in [3.05, 3.63) is 30.3 Å². The second-order valence-electron chi connectivity index (χ2n) is 6.60. The molecule has 0 amide bonds. The van der Waals surface area contributed by atoms with Crippen LogP contribution in [0.5, 0.6) is 5.75 Å². The maximum atomic E-state index is 5.54. The number of para-hydroxylation sites is 1. The highest BCUT2D eigenvalue weighted by atomic mass is 16.6.